The van der Waals surface area contributed by atoms with E-state index < -0.39 is 0 Å². The van der Waals surface area contributed by atoms with Crippen molar-refractivity contribution in [2.45, 2.75) is 34.3 Å². The van der Waals surface area contributed by atoms with Crippen LogP contribution in [0.5, 0.6) is 0 Å². The zero-order valence-corrected chi connectivity index (χ0v) is 13.2. The number of benzene rings is 1. The molecule has 0 spiro atoms. The molecule has 0 heterocycles. The molecule has 20 heavy (non-hydrogen) atoms. The highest BCUT2D eigenvalue weighted by Crippen LogP contribution is 2.59. The lowest BCUT2D eigenvalue weighted by atomic mass is 10.1. The summed E-state index contributed by atoms with van der Waals surface area (Å²) in [6.45, 7) is 8.66. The average Bonchev–Trinajstić information content (AvgIpc) is 2.89. The molecule has 0 radical (unpaired) electrons. The molecule has 1 aromatic carbocycles. The molecule has 0 saturated heterocycles. The van der Waals surface area contributed by atoms with Crippen molar-refractivity contribution in [1.82, 2.24) is 0 Å². The molecule has 0 bridgehead atoms. The van der Waals surface area contributed by atoms with Crippen LogP contribution in [-0.4, -0.2) is 5.97 Å². The molecule has 0 N–H and O–H groups in total. The maximum absolute atomic E-state index is 12.2. The van der Waals surface area contributed by atoms with Gasteiger partial charge in [-0.1, -0.05) is 49.2 Å². The SMILES string of the molecule is CC(C)=CC1C(C(=O)OCc2ccc(Cl)cc2)C1(C)C. The van der Waals surface area contributed by atoms with Gasteiger partial charge < -0.3 is 4.74 Å². The monoisotopic (exact) mass is 292 g/mol. The topological polar surface area (TPSA) is 26.3 Å². The first kappa shape index (κ1) is 15.1. The standard InChI is InChI=1S/C17H21ClO2/c1-11(2)9-14-15(17(14,3)4)16(19)20-10-12-5-7-13(18)8-6-12/h5-9,14-15H,10H2,1-4H3. The van der Waals surface area contributed by atoms with Gasteiger partial charge in [-0.05, 0) is 42.9 Å². The Hall–Kier alpha value is -1.28. The fraction of sp³-hybridized carbons (Fsp3) is 0.471. The van der Waals surface area contributed by atoms with E-state index in [1.54, 1.807) is 12.1 Å². The Balaban J connectivity index is 1.93. The molecule has 0 aromatic heterocycles. The molecule has 0 aliphatic heterocycles. The molecule has 1 aromatic rings. The van der Waals surface area contributed by atoms with Crippen LogP contribution < -0.4 is 0 Å². The van der Waals surface area contributed by atoms with E-state index in [1.165, 1.54) is 5.57 Å². The zero-order valence-electron chi connectivity index (χ0n) is 12.4. The highest BCUT2D eigenvalue weighted by Gasteiger charge is 2.61. The first-order valence-corrected chi connectivity index (χ1v) is 7.26. The van der Waals surface area contributed by atoms with Crippen LogP contribution in [0, 0.1) is 17.3 Å². The second-order valence-electron chi connectivity index (χ2n) is 6.30. The number of rotatable bonds is 4. The zero-order chi connectivity index (χ0) is 14.9. The van der Waals surface area contributed by atoms with E-state index in [0.29, 0.717) is 17.5 Å². The average molecular weight is 293 g/mol. The molecular formula is C17H21ClO2. The van der Waals surface area contributed by atoms with E-state index in [1.807, 2.05) is 12.1 Å². The third kappa shape index (κ3) is 3.24. The van der Waals surface area contributed by atoms with E-state index in [4.69, 9.17) is 16.3 Å². The maximum Gasteiger partial charge on any atom is 0.310 e. The van der Waals surface area contributed by atoms with Crippen molar-refractivity contribution in [2.24, 2.45) is 17.3 Å². The number of carbonyl (C=O) groups excluding carboxylic acids is 1. The van der Waals surface area contributed by atoms with E-state index in [2.05, 4.69) is 33.8 Å². The minimum absolute atomic E-state index is 0.00828. The van der Waals surface area contributed by atoms with E-state index in [9.17, 15) is 4.79 Å². The van der Waals surface area contributed by atoms with Crippen molar-refractivity contribution >= 4 is 17.6 Å². The van der Waals surface area contributed by atoms with Crippen molar-refractivity contribution in [3.05, 3.63) is 46.5 Å². The second kappa shape index (κ2) is 5.61. The summed E-state index contributed by atoms with van der Waals surface area (Å²) in [5.74, 6) is 0.169. The second-order valence-corrected chi connectivity index (χ2v) is 6.74. The number of allylic oxidation sites excluding steroid dienone is 2. The third-order valence-electron chi connectivity index (χ3n) is 3.97. The lowest BCUT2D eigenvalue weighted by Gasteiger charge is -2.06. The molecule has 1 aliphatic rings. The summed E-state index contributed by atoms with van der Waals surface area (Å²) in [6.07, 6.45) is 2.17. The van der Waals surface area contributed by atoms with Crippen molar-refractivity contribution in [3.63, 3.8) is 0 Å². The fourth-order valence-electron chi connectivity index (χ4n) is 2.62. The summed E-state index contributed by atoms with van der Waals surface area (Å²) < 4.78 is 5.43. The number of carbonyl (C=O) groups is 1. The Morgan fingerprint density at radius 2 is 1.90 bits per heavy atom. The summed E-state index contributed by atoms with van der Waals surface area (Å²) in [5.41, 5.74) is 2.21. The Kier molecular flexibility index (Phi) is 4.24. The first-order valence-electron chi connectivity index (χ1n) is 6.88. The third-order valence-corrected chi connectivity index (χ3v) is 4.22. The van der Waals surface area contributed by atoms with Crippen molar-refractivity contribution < 1.29 is 9.53 Å². The number of hydrogen-bond donors (Lipinski definition) is 0. The molecule has 108 valence electrons. The van der Waals surface area contributed by atoms with Crippen LogP contribution in [-0.2, 0) is 16.1 Å². The largest absolute Gasteiger partial charge is 0.461 e. The van der Waals surface area contributed by atoms with Gasteiger partial charge in [0.1, 0.15) is 6.61 Å². The number of halogens is 1. The molecule has 2 rings (SSSR count). The van der Waals surface area contributed by atoms with Gasteiger partial charge in [0, 0.05) is 5.02 Å². The van der Waals surface area contributed by atoms with Gasteiger partial charge in [-0.15, -0.1) is 0 Å². The van der Waals surface area contributed by atoms with Crippen molar-refractivity contribution in [3.8, 4) is 0 Å². The summed E-state index contributed by atoms with van der Waals surface area (Å²) in [7, 11) is 0. The lowest BCUT2D eigenvalue weighted by Crippen LogP contribution is -2.10. The van der Waals surface area contributed by atoms with Crippen LogP contribution in [0.4, 0.5) is 0 Å². The van der Waals surface area contributed by atoms with E-state index in [0.717, 1.165) is 5.56 Å². The summed E-state index contributed by atoms with van der Waals surface area (Å²) in [4.78, 5) is 12.2. The Labute approximate surface area is 125 Å². The number of ether oxygens (including phenoxy) is 1. The van der Waals surface area contributed by atoms with Gasteiger partial charge in [0.2, 0.25) is 0 Å². The van der Waals surface area contributed by atoms with Gasteiger partial charge in [-0.2, -0.15) is 0 Å². The van der Waals surface area contributed by atoms with E-state index in [-0.39, 0.29) is 17.3 Å². The predicted octanol–water partition coefficient (Wildman–Crippen LogP) is 4.62. The first-order chi connectivity index (χ1) is 9.32. The predicted molar refractivity (Wildman–Crippen MR) is 81.4 cm³/mol. The van der Waals surface area contributed by atoms with Crippen LogP contribution in [0.15, 0.2) is 35.9 Å². The van der Waals surface area contributed by atoms with Gasteiger partial charge in [0.25, 0.3) is 0 Å². The molecule has 2 atom stereocenters. The fourth-order valence-corrected chi connectivity index (χ4v) is 2.75. The molecule has 2 unspecified atom stereocenters. The summed E-state index contributed by atoms with van der Waals surface area (Å²) >= 11 is 5.83. The summed E-state index contributed by atoms with van der Waals surface area (Å²) in [5, 5.41) is 0.687. The highest BCUT2D eigenvalue weighted by molar-refractivity contribution is 6.30. The van der Waals surface area contributed by atoms with Crippen LogP contribution in [0.3, 0.4) is 0 Å². The van der Waals surface area contributed by atoms with Gasteiger partial charge in [0.05, 0.1) is 5.92 Å². The quantitative estimate of drug-likeness (QED) is 0.598. The minimum atomic E-state index is -0.104. The van der Waals surface area contributed by atoms with Gasteiger partial charge >= 0.3 is 5.97 Å². The molecular weight excluding hydrogens is 272 g/mol. The number of hydrogen-bond acceptors (Lipinski definition) is 2. The molecule has 2 nitrogen and oxygen atoms in total. The molecule has 0 amide bonds. The van der Waals surface area contributed by atoms with Gasteiger partial charge in [-0.25, -0.2) is 0 Å². The van der Waals surface area contributed by atoms with Crippen molar-refractivity contribution in [1.29, 1.82) is 0 Å². The lowest BCUT2D eigenvalue weighted by molar-refractivity contribution is -0.147. The van der Waals surface area contributed by atoms with Crippen LogP contribution in [0.2, 0.25) is 5.02 Å². The van der Waals surface area contributed by atoms with Crippen LogP contribution in [0.25, 0.3) is 0 Å². The van der Waals surface area contributed by atoms with Crippen molar-refractivity contribution in [2.75, 3.05) is 0 Å². The van der Waals surface area contributed by atoms with E-state index >= 15 is 0 Å². The highest BCUT2D eigenvalue weighted by atomic mass is 35.5. The molecule has 1 aliphatic carbocycles. The Bertz CT molecular complexity index is 524. The molecule has 1 saturated carbocycles. The van der Waals surface area contributed by atoms with Crippen LogP contribution in [0.1, 0.15) is 33.3 Å². The van der Waals surface area contributed by atoms with Gasteiger partial charge in [-0.3, -0.25) is 4.79 Å². The molecule has 1 fully saturated rings. The normalized spacial score (nSPS) is 23.1. The maximum atomic E-state index is 12.2. The Morgan fingerprint density at radius 1 is 1.30 bits per heavy atom. The number of esters is 1. The smallest absolute Gasteiger partial charge is 0.310 e. The molecule has 3 heteroatoms. The Morgan fingerprint density at radius 3 is 2.45 bits per heavy atom. The minimum Gasteiger partial charge on any atom is -0.461 e. The summed E-state index contributed by atoms with van der Waals surface area (Å²) in [6, 6.07) is 7.36. The van der Waals surface area contributed by atoms with Gasteiger partial charge in [0.15, 0.2) is 0 Å². The van der Waals surface area contributed by atoms with Crippen LogP contribution >= 0.6 is 11.6 Å².